The van der Waals surface area contributed by atoms with E-state index in [1.807, 2.05) is 0 Å². The molecular formula is C7H13N2O. The van der Waals surface area contributed by atoms with Crippen LogP contribution >= 0.6 is 0 Å². The molecule has 1 atom stereocenters. The second-order valence-corrected chi connectivity index (χ2v) is 2.53. The Morgan fingerprint density at radius 1 is 1.60 bits per heavy atom. The molecule has 0 spiro atoms. The standard InChI is InChI=1S/C7H13N2O/c1-8-7(10)6-4-2-3-5-9-6/h6H,2-5H2,1H3,(H,8,10). The highest BCUT2D eigenvalue weighted by atomic mass is 16.2. The fraction of sp³-hybridized carbons (Fsp3) is 0.857. The molecule has 1 fully saturated rings. The third-order valence-electron chi connectivity index (χ3n) is 1.78. The van der Waals surface area contributed by atoms with Crippen molar-refractivity contribution in [1.82, 2.24) is 10.6 Å². The molecule has 0 aromatic rings. The molecule has 1 radical (unpaired) electrons. The lowest BCUT2D eigenvalue weighted by molar-refractivity contribution is -0.123. The molecule has 0 aliphatic carbocycles. The molecule has 0 saturated carbocycles. The Bertz CT molecular complexity index is 119. The minimum atomic E-state index is -0.0567. The number of rotatable bonds is 1. The highest BCUT2D eigenvalue weighted by molar-refractivity contribution is 5.81. The Hall–Kier alpha value is -0.570. The van der Waals surface area contributed by atoms with E-state index in [-0.39, 0.29) is 11.9 Å². The van der Waals surface area contributed by atoms with Gasteiger partial charge in [-0.2, -0.15) is 0 Å². The van der Waals surface area contributed by atoms with Crippen LogP contribution in [0.4, 0.5) is 0 Å². The van der Waals surface area contributed by atoms with Gasteiger partial charge in [0.25, 0.3) is 0 Å². The highest BCUT2D eigenvalue weighted by Gasteiger charge is 2.19. The van der Waals surface area contributed by atoms with E-state index in [1.54, 1.807) is 7.05 Å². The van der Waals surface area contributed by atoms with Gasteiger partial charge in [-0.15, -0.1) is 0 Å². The van der Waals surface area contributed by atoms with Gasteiger partial charge in [-0.05, 0) is 19.3 Å². The summed E-state index contributed by atoms with van der Waals surface area (Å²) in [6.45, 7) is 0.859. The van der Waals surface area contributed by atoms with Gasteiger partial charge in [0, 0.05) is 13.6 Å². The third-order valence-corrected chi connectivity index (χ3v) is 1.78. The molecule has 1 rings (SSSR count). The van der Waals surface area contributed by atoms with Crippen LogP contribution in [-0.4, -0.2) is 25.5 Å². The summed E-state index contributed by atoms with van der Waals surface area (Å²) in [5, 5.41) is 6.79. The molecule has 1 unspecified atom stereocenters. The number of hydrogen-bond donors (Lipinski definition) is 1. The second kappa shape index (κ2) is 3.56. The van der Waals surface area contributed by atoms with Gasteiger partial charge in [0.2, 0.25) is 5.91 Å². The maximum Gasteiger partial charge on any atom is 0.238 e. The van der Waals surface area contributed by atoms with Crippen LogP contribution < -0.4 is 10.6 Å². The molecule has 0 aromatic carbocycles. The third kappa shape index (κ3) is 1.70. The average Bonchev–Trinajstić information content (AvgIpc) is 2.05. The number of nitrogens with zero attached hydrogens (tertiary/aromatic N) is 1. The van der Waals surface area contributed by atoms with Gasteiger partial charge in [0.15, 0.2) is 0 Å². The molecule has 1 aliphatic heterocycles. The van der Waals surface area contributed by atoms with Gasteiger partial charge in [0.05, 0.1) is 0 Å². The van der Waals surface area contributed by atoms with Crippen molar-refractivity contribution < 1.29 is 4.79 Å². The first-order valence-electron chi connectivity index (χ1n) is 3.73. The van der Waals surface area contributed by atoms with Crippen LogP contribution in [0.25, 0.3) is 0 Å². The van der Waals surface area contributed by atoms with Crippen molar-refractivity contribution >= 4 is 5.91 Å². The predicted octanol–water partition coefficient (Wildman–Crippen LogP) is -0.111. The lowest BCUT2D eigenvalue weighted by atomic mass is 10.0. The largest absolute Gasteiger partial charge is 0.358 e. The van der Waals surface area contributed by atoms with Gasteiger partial charge in [0.1, 0.15) is 6.04 Å². The van der Waals surface area contributed by atoms with E-state index in [0.29, 0.717) is 0 Å². The summed E-state index contributed by atoms with van der Waals surface area (Å²) >= 11 is 0. The van der Waals surface area contributed by atoms with Crippen molar-refractivity contribution in [1.29, 1.82) is 0 Å². The second-order valence-electron chi connectivity index (χ2n) is 2.53. The number of likely N-dealkylation sites (N-methyl/N-ethyl adjacent to an activating group) is 1. The van der Waals surface area contributed by atoms with Gasteiger partial charge in [-0.1, -0.05) is 0 Å². The molecular weight excluding hydrogens is 128 g/mol. The molecule has 0 aromatic heterocycles. The normalized spacial score (nSPS) is 25.9. The monoisotopic (exact) mass is 141 g/mol. The van der Waals surface area contributed by atoms with Crippen LogP contribution in [0.2, 0.25) is 0 Å². The summed E-state index contributed by atoms with van der Waals surface area (Å²) in [6.07, 6.45) is 3.22. The Morgan fingerprint density at radius 3 is 2.90 bits per heavy atom. The van der Waals surface area contributed by atoms with Crippen LogP contribution in [0, 0.1) is 0 Å². The number of nitrogens with one attached hydrogen (secondary N) is 1. The first kappa shape index (κ1) is 7.54. The molecule has 1 saturated heterocycles. The number of amides is 1. The quantitative estimate of drug-likeness (QED) is 0.544. The van der Waals surface area contributed by atoms with E-state index in [0.717, 1.165) is 25.8 Å². The van der Waals surface area contributed by atoms with Gasteiger partial charge in [-0.3, -0.25) is 4.79 Å². The molecule has 1 heterocycles. The zero-order chi connectivity index (χ0) is 7.40. The average molecular weight is 141 g/mol. The molecule has 1 amide bonds. The summed E-state index contributed by atoms with van der Waals surface area (Å²) in [4.78, 5) is 11.0. The molecule has 3 heteroatoms. The van der Waals surface area contributed by atoms with Crippen LogP contribution in [0.3, 0.4) is 0 Å². The van der Waals surface area contributed by atoms with Crippen LogP contribution in [0.5, 0.6) is 0 Å². The van der Waals surface area contributed by atoms with E-state index in [2.05, 4.69) is 10.6 Å². The first-order chi connectivity index (χ1) is 4.84. The summed E-state index contributed by atoms with van der Waals surface area (Å²) in [5.41, 5.74) is 0. The molecule has 1 N–H and O–H groups in total. The number of carbonyl (C=O) groups is 1. The molecule has 3 nitrogen and oxygen atoms in total. The molecule has 57 valence electrons. The van der Waals surface area contributed by atoms with Crippen LogP contribution in [0.15, 0.2) is 0 Å². The van der Waals surface area contributed by atoms with Crippen LogP contribution in [-0.2, 0) is 4.79 Å². The topological polar surface area (TPSA) is 43.2 Å². The fourth-order valence-corrected chi connectivity index (χ4v) is 1.17. The van der Waals surface area contributed by atoms with Crippen molar-refractivity contribution in [3.63, 3.8) is 0 Å². The van der Waals surface area contributed by atoms with Crippen molar-refractivity contribution in [2.24, 2.45) is 0 Å². The predicted molar refractivity (Wildman–Crippen MR) is 38.7 cm³/mol. The number of hydrogen-bond acceptors (Lipinski definition) is 1. The van der Waals surface area contributed by atoms with Crippen molar-refractivity contribution in [3.8, 4) is 0 Å². The summed E-state index contributed by atoms with van der Waals surface area (Å²) in [5.74, 6) is 0.0692. The zero-order valence-electron chi connectivity index (χ0n) is 6.26. The molecule has 0 bridgehead atoms. The van der Waals surface area contributed by atoms with Gasteiger partial charge in [-0.25, -0.2) is 5.32 Å². The fourth-order valence-electron chi connectivity index (χ4n) is 1.17. The Morgan fingerprint density at radius 2 is 2.40 bits per heavy atom. The summed E-state index contributed by atoms with van der Waals surface area (Å²) < 4.78 is 0. The van der Waals surface area contributed by atoms with Gasteiger partial charge >= 0.3 is 0 Å². The first-order valence-corrected chi connectivity index (χ1v) is 3.73. The van der Waals surface area contributed by atoms with Crippen molar-refractivity contribution in [2.45, 2.75) is 25.3 Å². The minimum Gasteiger partial charge on any atom is -0.358 e. The number of piperidine rings is 1. The Labute approximate surface area is 61.2 Å². The molecule has 1 aliphatic rings. The highest BCUT2D eigenvalue weighted by Crippen LogP contribution is 2.07. The SMILES string of the molecule is CNC(=O)C1CCCC[N]1. The maximum absolute atomic E-state index is 11.0. The van der Waals surface area contributed by atoms with Crippen LogP contribution in [0.1, 0.15) is 19.3 Å². The van der Waals surface area contributed by atoms with E-state index >= 15 is 0 Å². The zero-order valence-corrected chi connectivity index (χ0v) is 6.26. The van der Waals surface area contributed by atoms with Crippen molar-refractivity contribution in [2.75, 3.05) is 13.6 Å². The van der Waals surface area contributed by atoms with E-state index < -0.39 is 0 Å². The van der Waals surface area contributed by atoms with E-state index in [1.165, 1.54) is 0 Å². The van der Waals surface area contributed by atoms with Gasteiger partial charge < -0.3 is 5.32 Å². The lowest BCUT2D eigenvalue weighted by Crippen LogP contribution is -2.41. The lowest BCUT2D eigenvalue weighted by Gasteiger charge is -2.19. The van der Waals surface area contributed by atoms with E-state index in [4.69, 9.17) is 0 Å². The minimum absolute atomic E-state index is 0.0567. The Kier molecular flexibility index (Phi) is 2.68. The van der Waals surface area contributed by atoms with E-state index in [9.17, 15) is 4.79 Å². The smallest absolute Gasteiger partial charge is 0.238 e. The Balaban J connectivity index is 2.31. The number of carbonyl (C=O) groups excluding carboxylic acids is 1. The summed E-state index contributed by atoms with van der Waals surface area (Å²) in [6, 6.07) is -0.0567. The van der Waals surface area contributed by atoms with Crippen molar-refractivity contribution in [3.05, 3.63) is 0 Å². The molecule has 10 heavy (non-hydrogen) atoms. The summed E-state index contributed by atoms with van der Waals surface area (Å²) in [7, 11) is 1.66. The maximum atomic E-state index is 11.0.